The number of halogens is 1. The molecule has 0 bridgehead atoms. The lowest BCUT2D eigenvalue weighted by molar-refractivity contribution is 0.235. The highest BCUT2D eigenvalue weighted by Gasteiger charge is 2.16. The molecule has 0 spiro atoms. The zero-order chi connectivity index (χ0) is 20.1. The van der Waals surface area contributed by atoms with Gasteiger partial charge in [-0.3, -0.25) is 4.18 Å². The lowest BCUT2D eigenvalue weighted by Crippen LogP contribution is -2.08. The molecular formula is C22H21FO4S. The van der Waals surface area contributed by atoms with Gasteiger partial charge in [0.05, 0.1) is 12.4 Å². The maximum absolute atomic E-state index is 13.3. The van der Waals surface area contributed by atoms with Gasteiger partial charge >= 0.3 is 0 Å². The summed E-state index contributed by atoms with van der Waals surface area (Å²) in [6.45, 7) is 2.01. The molecule has 0 N–H and O–H groups in total. The van der Waals surface area contributed by atoms with Gasteiger partial charge in [-0.15, -0.1) is 0 Å². The zero-order valence-corrected chi connectivity index (χ0v) is 16.4. The van der Waals surface area contributed by atoms with Crippen molar-refractivity contribution in [1.29, 1.82) is 0 Å². The van der Waals surface area contributed by atoms with Crippen LogP contribution in [0.3, 0.4) is 0 Å². The van der Waals surface area contributed by atoms with Crippen LogP contribution in [0.25, 0.3) is 11.1 Å². The van der Waals surface area contributed by atoms with Crippen molar-refractivity contribution in [3.8, 4) is 16.9 Å². The molecule has 6 heteroatoms. The van der Waals surface area contributed by atoms with Crippen LogP contribution in [-0.4, -0.2) is 14.7 Å². The lowest BCUT2D eigenvalue weighted by Gasteiger charge is -2.17. The first-order chi connectivity index (χ1) is 13.3. The van der Waals surface area contributed by atoms with Crippen molar-refractivity contribution in [2.24, 2.45) is 0 Å². The number of hydrogen-bond acceptors (Lipinski definition) is 4. The molecule has 1 unspecified atom stereocenters. The van der Waals surface area contributed by atoms with Gasteiger partial charge in [0.25, 0.3) is 10.1 Å². The summed E-state index contributed by atoms with van der Waals surface area (Å²) in [5.41, 5.74) is 3.25. The van der Waals surface area contributed by atoms with E-state index in [1.54, 1.807) is 31.2 Å². The minimum absolute atomic E-state index is 0.317. The van der Waals surface area contributed by atoms with Crippen LogP contribution in [0.15, 0.2) is 72.8 Å². The van der Waals surface area contributed by atoms with Crippen molar-refractivity contribution in [2.45, 2.75) is 19.6 Å². The molecule has 0 saturated carbocycles. The molecular weight excluding hydrogens is 379 g/mol. The van der Waals surface area contributed by atoms with Gasteiger partial charge in [0.2, 0.25) is 0 Å². The lowest BCUT2D eigenvalue weighted by atomic mass is 10.0. The molecule has 0 amide bonds. The summed E-state index contributed by atoms with van der Waals surface area (Å²) >= 11 is 0. The third-order valence-electron chi connectivity index (χ3n) is 4.19. The van der Waals surface area contributed by atoms with Gasteiger partial charge in [0, 0.05) is 5.56 Å². The molecule has 0 radical (unpaired) electrons. The Bertz CT molecular complexity index is 1030. The molecule has 4 nitrogen and oxygen atoms in total. The predicted octanol–water partition coefficient (Wildman–Crippen LogP) is 5.11. The summed E-state index contributed by atoms with van der Waals surface area (Å²) < 4.78 is 47.3. The third kappa shape index (κ3) is 5.41. The summed E-state index contributed by atoms with van der Waals surface area (Å²) in [6, 6.07) is 21.2. The second kappa shape index (κ2) is 8.54. The monoisotopic (exact) mass is 400 g/mol. The second-order valence-electron chi connectivity index (χ2n) is 6.48. The minimum atomic E-state index is -3.59. The molecule has 3 aromatic rings. The second-order valence-corrected chi connectivity index (χ2v) is 8.08. The topological polar surface area (TPSA) is 52.6 Å². The SMILES string of the molecule is CC(OS(C)(=O)=O)c1ccc(-c2ccc(F)cc2)c(OCc2ccccc2)c1. The summed E-state index contributed by atoms with van der Waals surface area (Å²) in [5, 5.41) is 0. The van der Waals surface area contributed by atoms with E-state index in [2.05, 4.69) is 0 Å². The van der Waals surface area contributed by atoms with E-state index in [1.165, 1.54) is 12.1 Å². The molecule has 1 atom stereocenters. The molecule has 28 heavy (non-hydrogen) atoms. The van der Waals surface area contributed by atoms with E-state index in [0.29, 0.717) is 17.9 Å². The zero-order valence-electron chi connectivity index (χ0n) is 15.6. The number of benzene rings is 3. The Balaban J connectivity index is 1.95. The standard InChI is InChI=1S/C22H21FO4S/c1-16(27-28(2,24)25)19-10-13-21(18-8-11-20(23)12-9-18)22(14-19)26-15-17-6-4-3-5-7-17/h3-14,16H,15H2,1-2H3. The van der Waals surface area contributed by atoms with Gasteiger partial charge in [-0.25, -0.2) is 4.39 Å². The molecule has 146 valence electrons. The van der Waals surface area contributed by atoms with E-state index in [0.717, 1.165) is 22.9 Å². The fraction of sp³-hybridized carbons (Fsp3) is 0.182. The van der Waals surface area contributed by atoms with Crippen LogP contribution < -0.4 is 4.74 Å². The average Bonchev–Trinajstić information content (AvgIpc) is 2.66. The first-order valence-electron chi connectivity index (χ1n) is 8.77. The summed E-state index contributed by atoms with van der Waals surface area (Å²) in [6.07, 6.45) is 0.361. The first-order valence-corrected chi connectivity index (χ1v) is 10.6. The van der Waals surface area contributed by atoms with Crippen LogP contribution in [0.5, 0.6) is 5.75 Å². The van der Waals surface area contributed by atoms with Crippen molar-refractivity contribution in [1.82, 2.24) is 0 Å². The van der Waals surface area contributed by atoms with Crippen LogP contribution in [-0.2, 0) is 20.9 Å². The average molecular weight is 400 g/mol. The van der Waals surface area contributed by atoms with Gasteiger partial charge < -0.3 is 4.74 Å². The molecule has 0 fully saturated rings. The van der Waals surface area contributed by atoms with Crippen molar-refractivity contribution < 1.29 is 21.7 Å². The smallest absolute Gasteiger partial charge is 0.264 e. The van der Waals surface area contributed by atoms with Gasteiger partial charge in [0.15, 0.2) is 0 Å². The molecule has 0 aromatic heterocycles. The molecule has 0 aliphatic heterocycles. The Morgan fingerprint density at radius 2 is 1.64 bits per heavy atom. The normalized spacial score (nSPS) is 12.5. The summed E-state index contributed by atoms with van der Waals surface area (Å²) in [7, 11) is -3.59. The van der Waals surface area contributed by atoms with Crippen molar-refractivity contribution >= 4 is 10.1 Å². The van der Waals surface area contributed by atoms with Gasteiger partial charge in [0.1, 0.15) is 18.2 Å². The predicted molar refractivity (Wildman–Crippen MR) is 107 cm³/mol. The Morgan fingerprint density at radius 3 is 2.29 bits per heavy atom. The van der Waals surface area contributed by atoms with E-state index >= 15 is 0 Å². The highest BCUT2D eigenvalue weighted by molar-refractivity contribution is 7.86. The molecule has 3 rings (SSSR count). The van der Waals surface area contributed by atoms with E-state index < -0.39 is 16.2 Å². The number of hydrogen-bond donors (Lipinski definition) is 0. The first kappa shape index (κ1) is 20.0. The molecule has 0 aliphatic rings. The van der Waals surface area contributed by atoms with Crippen molar-refractivity contribution in [3.05, 3.63) is 89.7 Å². The Labute approximate surface area is 164 Å². The van der Waals surface area contributed by atoms with E-state index in [-0.39, 0.29) is 5.82 Å². The molecule has 3 aromatic carbocycles. The van der Waals surface area contributed by atoms with Gasteiger partial charge in [-0.05, 0) is 41.8 Å². The van der Waals surface area contributed by atoms with E-state index in [4.69, 9.17) is 8.92 Å². The fourth-order valence-corrected chi connectivity index (χ4v) is 3.47. The largest absolute Gasteiger partial charge is 0.488 e. The van der Waals surface area contributed by atoms with Crippen LogP contribution in [0, 0.1) is 5.82 Å². The van der Waals surface area contributed by atoms with Crippen LogP contribution in [0.4, 0.5) is 4.39 Å². The van der Waals surface area contributed by atoms with Gasteiger partial charge in [-0.2, -0.15) is 8.42 Å². The van der Waals surface area contributed by atoms with Crippen molar-refractivity contribution in [3.63, 3.8) is 0 Å². The molecule has 0 aliphatic carbocycles. The maximum atomic E-state index is 13.3. The quantitative estimate of drug-likeness (QED) is 0.517. The highest BCUT2D eigenvalue weighted by atomic mass is 32.2. The highest BCUT2D eigenvalue weighted by Crippen LogP contribution is 2.34. The molecule has 0 saturated heterocycles. The van der Waals surface area contributed by atoms with Crippen molar-refractivity contribution in [2.75, 3.05) is 6.26 Å². The third-order valence-corrected chi connectivity index (χ3v) is 4.82. The Hall–Kier alpha value is -2.70. The maximum Gasteiger partial charge on any atom is 0.264 e. The summed E-state index contributed by atoms with van der Waals surface area (Å²) in [5.74, 6) is 0.249. The van der Waals surface area contributed by atoms with E-state index in [9.17, 15) is 12.8 Å². The van der Waals surface area contributed by atoms with Gasteiger partial charge in [-0.1, -0.05) is 54.6 Å². The minimum Gasteiger partial charge on any atom is -0.488 e. The van der Waals surface area contributed by atoms with E-state index in [1.807, 2.05) is 36.4 Å². The fourth-order valence-electron chi connectivity index (χ4n) is 2.83. The Morgan fingerprint density at radius 1 is 0.964 bits per heavy atom. The van der Waals surface area contributed by atoms with Crippen LogP contribution >= 0.6 is 0 Å². The summed E-state index contributed by atoms with van der Waals surface area (Å²) in [4.78, 5) is 0. The Kier molecular flexibility index (Phi) is 6.11. The number of ether oxygens (including phenoxy) is 1. The van der Waals surface area contributed by atoms with Crippen LogP contribution in [0.1, 0.15) is 24.2 Å². The number of rotatable bonds is 7. The van der Waals surface area contributed by atoms with Crippen LogP contribution in [0.2, 0.25) is 0 Å². The molecule has 0 heterocycles.